The molecule has 0 aliphatic carbocycles. The van der Waals surface area contributed by atoms with Crippen LogP contribution in [0.5, 0.6) is 0 Å². The monoisotopic (exact) mass is 379 g/mol. The van der Waals surface area contributed by atoms with E-state index in [1.807, 2.05) is 49.3 Å². The lowest BCUT2D eigenvalue weighted by Gasteiger charge is -2.32. The van der Waals surface area contributed by atoms with E-state index in [1.165, 1.54) is 0 Å². The number of hydrogen-bond acceptors (Lipinski definition) is 5. The molecule has 3 aromatic rings. The highest BCUT2D eigenvalue weighted by Gasteiger charge is 2.29. The first-order chi connectivity index (χ1) is 13.6. The van der Waals surface area contributed by atoms with Gasteiger partial charge in [0.25, 0.3) is 5.91 Å². The van der Waals surface area contributed by atoms with Crippen molar-refractivity contribution < 1.29 is 9.32 Å². The smallest absolute Gasteiger partial charge is 0.276 e. The van der Waals surface area contributed by atoms with Crippen molar-refractivity contribution in [3.8, 4) is 0 Å². The first-order valence-electron chi connectivity index (χ1n) is 9.78. The van der Waals surface area contributed by atoms with Gasteiger partial charge in [0.05, 0.1) is 12.2 Å². The molecule has 0 radical (unpaired) electrons. The van der Waals surface area contributed by atoms with Gasteiger partial charge in [-0.3, -0.25) is 9.78 Å². The van der Waals surface area contributed by atoms with Crippen molar-refractivity contribution in [1.29, 1.82) is 0 Å². The summed E-state index contributed by atoms with van der Waals surface area (Å²) in [6.45, 7) is 6.10. The molecule has 0 aromatic carbocycles. The lowest BCUT2D eigenvalue weighted by atomic mass is 9.96. The maximum atomic E-state index is 12.9. The minimum Gasteiger partial charge on any atom is -0.360 e. The number of amides is 1. The molecule has 1 atom stereocenters. The number of nitrogens with zero attached hydrogens (tertiary/aromatic N) is 5. The fraction of sp³-hybridized carbons (Fsp3) is 0.429. The number of aromatic nitrogens is 4. The molecule has 4 rings (SSSR count). The van der Waals surface area contributed by atoms with Crippen LogP contribution in [0.15, 0.2) is 47.4 Å². The van der Waals surface area contributed by atoms with Crippen LogP contribution in [0, 0.1) is 0 Å². The van der Waals surface area contributed by atoms with Gasteiger partial charge < -0.3 is 14.0 Å². The van der Waals surface area contributed by atoms with Crippen LogP contribution < -0.4 is 0 Å². The standard InChI is InChI=1S/C21H25N5O2/c1-15(2)19-12-18(24-28-19)21(27)26-10-5-6-16(13-26)20-23-9-11-25(20)14-17-7-3-4-8-22-17/h3-4,7-9,11-12,15-16H,5-6,10,13-14H2,1-2H3/t16-/m0/s1. The van der Waals surface area contributed by atoms with Crippen LogP contribution in [0.2, 0.25) is 0 Å². The molecule has 0 spiro atoms. The van der Waals surface area contributed by atoms with Crippen molar-refractivity contribution >= 4 is 5.91 Å². The predicted octanol–water partition coefficient (Wildman–Crippen LogP) is 3.46. The molecule has 7 nitrogen and oxygen atoms in total. The molecule has 1 aliphatic rings. The van der Waals surface area contributed by atoms with Crippen LogP contribution >= 0.6 is 0 Å². The van der Waals surface area contributed by atoms with E-state index in [4.69, 9.17) is 4.52 Å². The molecule has 1 fully saturated rings. The maximum Gasteiger partial charge on any atom is 0.276 e. The van der Waals surface area contributed by atoms with Crippen molar-refractivity contribution in [3.05, 3.63) is 65.8 Å². The van der Waals surface area contributed by atoms with Crippen LogP contribution in [0.3, 0.4) is 0 Å². The van der Waals surface area contributed by atoms with Crippen LogP contribution in [-0.2, 0) is 6.54 Å². The second kappa shape index (κ2) is 7.96. The molecule has 7 heteroatoms. The van der Waals surface area contributed by atoms with E-state index in [0.29, 0.717) is 18.8 Å². The summed E-state index contributed by atoms with van der Waals surface area (Å²) in [6, 6.07) is 7.68. The fourth-order valence-corrected chi connectivity index (χ4v) is 3.68. The third-order valence-corrected chi connectivity index (χ3v) is 5.20. The Morgan fingerprint density at radius 2 is 2.18 bits per heavy atom. The largest absolute Gasteiger partial charge is 0.360 e. The Morgan fingerprint density at radius 3 is 2.93 bits per heavy atom. The summed E-state index contributed by atoms with van der Waals surface area (Å²) >= 11 is 0. The molecule has 1 amide bonds. The van der Waals surface area contributed by atoms with E-state index in [9.17, 15) is 4.79 Å². The number of carbonyl (C=O) groups is 1. The number of rotatable bonds is 5. The van der Waals surface area contributed by atoms with E-state index in [-0.39, 0.29) is 17.7 Å². The zero-order valence-electron chi connectivity index (χ0n) is 16.3. The third-order valence-electron chi connectivity index (χ3n) is 5.20. The molecule has 1 aliphatic heterocycles. The normalized spacial score (nSPS) is 17.2. The average Bonchev–Trinajstić information content (AvgIpc) is 3.38. The minimum atomic E-state index is -0.0665. The van der Waals surface area contributed by atoms with Gasteiger partial charge in [-0.25, -0.2) is 4.98 Å². The molecular formula is C21H25N5O2. The summed E-state index contributed by atoms with van der Waals surface area (Å²) in [7, 11) is 0. The molecule has 0 bridgehead atoms. The van der Waals surface area contributed by atoms with Crippen molar-refractivity contribution in [1.82, 2.24) is 24.6 Å². The zero-order chi connectivity index (χ0) is 19.5. The Labute approximate surface area is 164 Å². The second-order valence-electron chi connectivity index (χ2n) is 7.59. The molecule has 0 unspecified atom stereocenters. The molecular weight excluding hydrogens is 354 g/mol. The number of hydrogen-bond donors (Lipinski definition) is 0. The Bertz CT molecular complexity index is 931. The van der Waals surface area contributed by atoms with Gasteiger partial charge in [0, 0.05) is 49.6 Å². The number of pyridine rings is 1. The van der Waals surface area contributed by atoms with E-state index in [0.717, 1.165) is 36.7 Å². The average molecular weight is 379 g/mol. The van der Waals surface area contributed by atoms with Crippen molar-refractivity contribution in [2.45, 2.75) is 45.1 Å². The second-order valence-corrected chi connectivity index (χ2v) is 7.59. The fourth-order valence-electron chi connectivity index (χ4n) is 3.68. The SMILES string of the molecule is CC(C)c1cc(C(=O)N2CCC[C@H](c3nccn3Cc3ccccn3)C2)no1. The Kier molecular flexibility index (Phi) is 5.23. The van der Waals surface area contributed by atoms with E-state index in [2.05, 4.69) is 19.7 Å². The van der Waals surface area contributed by atoms with Gasteiger partial charge in [-0.2, -0.15) is 0 Å². The number of imidazole rings is 1. The lowest BCUT2D eigenvalue weighted by Crippen LogP contribution is -2.40. The predicted molar refractivity (Wildman–Crippen MR) is 104 cm³/mol. The zero-order valence-corrected chi connectivity index (χ0v) is 16.3. The molecule has 4 heterocycles. The minimum absolute atomic E-state index is 0.0665. The quantitative estimate of drug-likeness (QED) is 0.678. The summed E-state index contributed by atoms with van der Waals surface area (Å²) in [6.07, 6.45) is 7.57. The first-order valence-corrected chi connectivity index (χ1v) is 9.78. The van der Waals surface area contributed by atoms with Gasteiger partial charge in [0.2, 0.25) is 0 Å². The highest BCUT2D eigenvalue weighted by Crippen LogP contribution is 2.27. The number of piperidine rings is 1. The highest BCUT2D eigenvalue weighted by molar-refractivity contribution is 5.92. The summed E-state index contributed by atoms with van der Waals surface area (Å²) < 4.78 is 7.43. The van der Waals surface area contributed by atoms with Gasteiger partial charge in [-0.1, -0.05) is 25.1 Å². The van der Waals surface area contributed by atoms with Crippen LogP contribution in [-0.4, -0.2) is 43.6 Å². The number of likely N-dealkylation sites (tertiary alicyclic amines) is 1. The summed E-state index contributed by atoms with van der Waals surface area (Å²) in [5.74, 6) is 2.09. The highest BCUT2D eigenvalue weighted by atomic mass is 16.5. The molecule has 1 saturated heterocycles. The Hall–Kier alpha value is -2.96. The molecule has 0 N–H and O–H groups in total. The van der Waals surface area contributed by atoms with Crippen LogP contribution in [0.4, 0.5) is 0 Å². The van der Waals surface area contributed by atoms with Gasteiger partial charge in [0.15, 0.2) is 5.69 Å². The summed E-state index contributed by atoms with van der Waals surface area (Å²) in [5, 5.41) is 3.98. The van der Waals surface area contributed by atoms with E-state index in [1.54, 1.807) is 12.3 Å². The molecule has 3 aromatic heterocycles. The maximum absolute atomic E-state index is 12.9. The van der Waals surface area contributed by atoms with E-state index >= 15 is 0 Å². The van der Waals surface area contributed by atoms with Crippen molar-refractivity contribution in [2.24, 2.45) is 0 Å². The van der Waals surface area contributed by atoms with E-state index < -0.39 is 0 Å². The van der Waals surface area contributed by atoms with Gasteiger partial charge >= 0.3 is 0 Å². The van der Waals surface area contributed by atoms with Crippen LogP contribution in [0.25, 0.3) is 0 Å². The molecule has 146 valence electrons. The topological polar surface area (TPSA) is 77.1 Å². The third kappa shape index (κ3) is 3.83. The van der Waals surface area contributed by atoms with Crippen molar-refractivity contribution in [2.75, 3.05) is 13.1 Å². The Morgan fingerprint density at radius 1 is 1.29 bits per heavy atom. The number of carbonyl (C=O) groups excluding carboxylic acids is 1. The molecule has 0 saturated carbocycles. The summed E-state index contributed by atoms with van der Waals surface area (Å²) in [4.78, 5) is 23.8. The lowest BCUT2D eigenvalue weighted by molar-refractivity contribution is 0.0692. The summed E-state index contributed by atoms with van der Waals surface area (Å²) in [5.41, 5.74) is 1.38. The van der Waals surface area contributed by atoms with Gasteiger partial charge in [-0.05, 0) is 25.0 Å². The Balaban J connectivity index is 1.48. The van der Waals surface area contributed by atoms with Gasteiger partial charge in [-0.15, -0.1) is 0 Å². The van der Waals surface area contributed by atoms with Crippen LogP contribution in [0.1, 0.15) is 66.3 Å². The van der Waals surface area contributed by atoms with Gasteiger partial charge in [0.1, 0.15) is 11.6 Å². The molecule has 28 heavy (non-hydrogen) atoms. The van der Waals surface area contributed by atoms with Crippen molar-refractivity contribution in [3.63, 3.8) is 0 Å². The first kappa shape index (κ1) is 18.4.